The summed E-state index contributed by atoms with van der Waals surface area (Å²) in [6, 6.07) is 6.00. The first-order chi connectivity index (χ1) is 12.0. The van der Waals surface area contributed by atoms with E-state index in [-0.39, 0.29) is 17.6 Å². The quantitative estimate of drug-likeness (QED) is 0.856. The summed E-state index contributed by atoms with van der Waals surface area (Å²) in [6.45, 7) is 5.54. The third-order valence-corrected chi connectivity index (χ3v) is 4.44. The number of aromatic nitrogens is 2. The summed E-state index contributed by atoms with van der Waals surface area (Å²) >= 11 is 0. The van der Waals surface area contributed by atoms with Crippen LogP contribution in [0.2, 0.25) is 0 Å². The molecule has 0 radical (unpaired) electrons. The van der Waals surface area contributed by atoms with Gasteiger partial charge in [0.05, 0.1) is 17.9 Å². The number of carbonyl (C=O) groups is 1. The Bertz CT molecular complexity index is 749. The van der Waals surface area contributed by atoms with Gasteiger partial charge in [-0.1, -0.05) is 0 Å². The van der Waals surface area contributed by atoms with E-state index >= 15 is 0 Å². The van der Waals surface area contributed by atoms with Gasteiger partial charge < -0.3 is 9.64 Å². The summed E-state index contributed by atoms with van der Waals surface area (Å²) < 4.78 is 18.7. The van der Waals surface area contributed by atoms with Gasteiger partial charge in [-0.2, -0.15) is 0 Å². The van der Waals surface area contributed by atoms with E-state index in [9.17, 15) is 9.18 Å². The van der Waals surface area contributed by atoms with Crippen molar-refractivity contribution in [2.24, 2.45) is 5.92 Å². The summed E-state index contributed by atoms with van der Waals surface area (Å²) in [5.74, 6) is 1.27. The lowest BCUT2D eigenvalue weighted by Gasteiger charge is -2.32. The third-order valence-electron chi connectivity index (χ3n) is 4.44. The van der Waals surface area contributed by atoms with Gasteiger partial charge in [-0.3, -0.25) is 4.79 Å². The van der Waals surface area contributed by atoms with Crippen LogP contribution in [0, 0.1) is 25.6 Å². The Balaban J connectivity index is 1.60. The molecule has 1 aliphatic heterocycles. The summed E-state index contributed by atoms with van der Waals surface area (Å²) in [6.07, 6.45) is 3.56. The molecule has 1 aliphatic rings. The van der Waals surface area contributed by atoms with Gasteiger partial charge in [-0.15, -0.1) is 0 Å². The van der Waals surface area contributed by atoms with Crippen LogP contribution in [-0.2, 0) is 0 Å². The molecule has 6 heteroatoms. The van der Waals surface area contributed by atoms with Crippen molar-refractivity contribution >= 4 is 5.91 Å². The largest absolute Gasteiger partial charge is 0.493 e. The maximum absolute atomic E-state index is 12.9. The van der Waals surface area contributed by atoms with E-state index in [4.69, 9.17) is 4.74 Å². The van der Waals surface area contributed by atoms with Gasteiger partial charge in [0.25, 0.3) is 5.91 Å². The van der Waals surface area contributed by atoms with Crippen LogP contribution >= 0.6 is 0 Å². The number of piperidine rings is 1. The van der Waals surface area contributed by atoms with Crippen molar-refractivity contribution < 1.29 is 13.9 Å². The third kappa shape index (κ3) is 4.32. The van der Waals surface area contributed by atoms with Gasteiger partial charge in [-0.05, 0) is 51.0 Å². The second-order valence-corrected chi connectivity index (χ2v) is 6.44. The molecule has 0 N–H and O–H groups in total. The fourth-order valence-corrected chi connectivity index (χ4v) is 3.09. The van der Waals surface area contributed by atoms with Crippen LogP contribution in [0.3, 0.4) is 0 Å². The van der Waals surface area contributed by atoms with E-state index < -0.39 is 0 Å². The molecule has 0 unspecified atom stereocenters. The lowest BCUT2D eigenvalue weighted by atomic mass is 9.98. The fourth-order valence-electron chi connectivity index (χ4n) is 3.09. The SMILES string of the molecule is Cc1ncc(C(=O)N2CCC[C@@H](COc3ccc(F)cc3)C2)c(C)n1. The minimum absolute atomic E-state index is 0.0241. The molecule has 2 heterocycles. The summed E-state index contributed by atoms with van der Waals surface area (Å²) in [4.78, 5) is 23.0. The van der Waals surface area contributed by atoms with Crippen molar-refractivity contribution in [2.75, 3.05) is 19.7 Å². The van der Waals surface area contributed by atoms with Gasteiger partial charge >= 0.3 is 0 Å². The summed E-state index contributed by atoms with van der Waals surface area (Å²) in [7, 11) is 0. The highest BCUT2D eigenvalue weighted by molar-refractivity contribution is 5.95. The second kappa shape index (κ2) is 7.59. The number of hydrogen-bond acceptors (Lipinski definition) is 4. The van der Waals surface area contributed by atoms with E-state index in [0.717, 1.165) is 19.4 Å². The lowest BCUT2D eigenvalue weighted by molar-refractivity contribution is 0.0631. The lowest BCUT2D eigenvalue weighted by Crippen LogP contribution is -2.42. The molecule has 1 aromatic heterocycles. The molecule has 2 aromatic rings. The number of aryl methyl sites for hydroxylation is 2. The van der Waals surface area contributed by atoms with E-state index in [1.807, 2.05) is 18.7 Å². The number of hydrogen-bond donors (Lipinski definition) is 0. The van der Waals surface area contributed by atoms with Crippen molar-refractivity contribution in [1.29, 1.82) is 0 Å². The zero-order valence-corrected chi connectivity index (χ0v) is 14.5. The predicted molar refractivity (Wildman–Crippen MR) is 92.0 cm³/mol. The fraction of sp³-hybridized carbons (Fsp3) is 0.421. The first-order valence-corrected chi connectivity index (χ1v) is 8.51. The highest BCUT2D eigenvalue weighted by Gasteiger charge is 2.26. The van der Waals surface area contributed by atoms with Gasteiger partial charge in [0.1, 0.15) is 17.4 Å². The average molecular weight is 343 g/mol. The Morgan fingerprint density at radius 1 is 1.32 bits per heavy atom. The summed E-state index contributed by atoms with van der Waals surface area (Å²) in [5, 5.41) is 0. The van der Waals surface area contributed by atoms with Crippen molar-refractivity contribution in [2.45, 2.75) is 26.7 Å². The molecule has 0 aliphatic carbocycles. The number of amides is 1. The number of benzene rings is 1. The number of halogens is 1. The second-order valence-electron chi connectivity index (χ2n) is 6.44. The molecule has 5 nitrogen and oxygen atoms in total. The van der Waals surface area contributed by atoms with E-state index in [2.05, 4.69) is 9.97 Å². The molecule has 1 aromatic carbocycles. The van der Waals surface area contributed by atoms with Crippen molar-refractivity contribution in [3.8, 4) is 5.75 Å². The number of carbonyl (C=O) groups excluding carboxylic acids is 1. The molecule has 0 bridgehead atoms. The number of rotatable bonds is 4. The maximum atomic E-state index is 12.9. The van der Waals surface area contributed by atoms with Crippen LogP contribution in [0.25, 0.3) is 0 Å². The van der Waals surface area contributed by atoms with Gasteiger partial charge in [0.2, 0.25) is 0 Å². The highest BCUT2D eigenvalue weighted by atomic mass is 19.1. The first kappa shape index (κ1) is 17.3. The number of ether oxygens (including phenoxy) is 1. The van der Waals surface area contributed by atoms with E-state index in [1.165, 1.54) is 12.1 Å². The van der Waals surface area contributed by atoms with Gasteiger partial charge in [-0.25, -0.2) is 14.4 Å². The Morgan fingerprint density at radius 2 is 2.08 bits per heavy atom. The van der Waals surface area contributed by atoms with Crippen LogP contribution in [-0.4, -0.2) is 40.5 Å². The number of likely N-dealkylation sites (tertiary alicyclic amines) is 1. The Morgan fingerprint density at radius 3 is 2.80 bits per heavy atom. The summed E-state index contributed by atoms with van der Waals surface area (Å²) in [5.41, 5.74) is 1.27. The van der Waals surface area contributed by atoms with Crippen LogP contribution in [0.1, 0.15) is 34.7 Å². The molecule has 3 rings (SSSR count). The van der Waals surface area contributed by atoms with Gasteiger partial charge in [0, 0.05) is 25.2 Å². The minimum Gasteiger partial charge on any atom is -0.493 e. The van der Waals surface area contributed by atoms with Crippen LogP contribution < -0.4 is 4.74 Å². The van der Waals surface area contributed by atoms with Crippen molar-refractivity contribution in [3.05, 3.63) is 53.4 Å². The topological polar surface area (TPSA) is 55.3 Å². The molecule has 1 saturated heterocycles. The molecule has 1 atom stereocenters. The normalized spacial score (nSPS) is 17.4. The zero-order chi connectivity index (χ0) is 17.8. The minimum atomic E-state index is -0.280. The van der Waals surface area contributed by atoms with E-state index in [1.54, 1.807) is 18.3 Å². The monoisotopic (exact) mass is 343 g/mol. The van der Waals surface area contributed by atoms with E-state index in [0.29, 0.717) is 36.0 Å². The zero-order valence-electron chi connectivity index (χ0n) is 14.5. The standard InChI is InChI=1S/C19H22FN3O2/c1-13-18(10-21-14(2)22-13)19(24)23-9-3-4-15(11-23)12-25-17-7-5-16(20)6-8-17/h5-8,10,15H,3-4,9,11-12H2,1-2H3/t15-/m1/s1. The van der Waals surface area contributed by atoms with Crippen molar-refractivity contribution in [1.82, 2.24) is 14.9 Å². The highest BCUT2D eigenvalue weighted by Crippen LogP contribution is 2.21. The molecule has 1 fully saturated rings. The Kier molecular flexibility index (Phi) is 5.26. The molecule has 25 heavy (non-hydrogen) atoms. The Hall–Kier alpha value is -2.50. The molecule has 0 saturated carbocycles. The van der Waals surface area contributed by atoms with Crippen LogP contribution in [0.5, 0.6) is 5.75 Å². The van der Waals surface area contributed by atoms with Gasteiger partial charge in [0.15, 0.2) is 0 Å². The molecular weight excluding hydrogens is 321 g/mol. The Labute approximate surface area is 146 Å². The number of nitrogens with zero attached hydrogens (tertiary/aromatic N) is 3. The first-order valence-electron chi connectivity index (χ1n) is 8.51. The molecular formula is C19H22FN3O2. The molecule has 0 spiro atoms. The van der Waals surface area contributed by atoms with Crippen LogP contribution in [0.4, 0.5) is 4.39 Å². The molecule has 1 amide bonds. The molecule has 132 valence electrons. The smallest absolute Gasteiger partial charge is 0.257 e. The van der Waals surface area contributed by atoms with Crippen molar-refractivity contribution in [3.63, 3.8) is 0 Å². The predicted octanol–water partition coefficient (Wildman–Crippen LogP) is 3.16. The average Bonchev–Trinajstić information content (AvgIpc) is 2.61. The van der Waals surface area contributed by atoms with Crippen LogP contribution in [0.15, 0.2) is 30.5 Å². The maximum Gasteiger partial charge on any atom is 0.257 e.